The van der Waals surface area contributed by atoms with Gasteiger partial charge in [-0.3, -0.25) is 14.9 Å². The Kier molecular flexibility index (Phi) is 4.53. The number of nitrogens with zero attached hydrogens (tertiary/aromatic N) is 3. The Morgan fingerprint density at radius 3 is 2.64 bits per heavy atom. The molecule has 0 radical (unpaired) electrons. The van der Waals surface area contributed by atoms with Crippen molar-refractivity contribution in [2.75, 3.05) is 11.5 Å². The Morgan fingerprint density at radius 2 is 2.04 bits per heavy atom. The molecule has 1 fully saturated rings. The number of aromatic nitrogens is 2. The quantitative estimate of drug-likeness (QED) is 0.639. The van der Waals surface area contributed by atoms with Gasteiger partial charge in [-0.05, 0) is 25.0 Å². The van der Waals surface area contributed by atoms with Crippen molar-refractivity contribution in [3.8, 4) is 5.69 Å². The van der Waals surface area contributed by atoms with Crippen LogP contribution in [0, 0.1) is 10.1 Å². The molecule has 1 aliphatic heterocycles. The monoisotopic (exact) mass is 364 g/mol. The highest BCUT2D eigenvalue weighted by atomic mass is 32.2. The standard InChI is InChI=1S/C15H16N4O5S/c20-15(17-12-3-7-25(23,24)8-4-12)11-1-2-13(14(9-11)19(21)22)18-6-5-16-10-18/h1-2,5-6,9-10,12H,3-4,7-8H2,(H,17,20). The van der Waals surface area contributed by atoms with Crippen LogP contribution < -0.4 is 5.32 Å². The maximum absolute atomic E-state index is 12.3. The molecule has 2 heterocycles. The van der Waals surface area contributed by atoms with E-state index in [0.717, 1.165) is 0 Å². The van der Waals surface area contributed by atoms with Crippen LogP contribution in [0.25, 0.3) is 5.69 Å². The number of rotatable bonds is 4. The van der Waals surface area contributed by atoms with Gasteiger partial charge in [0.2, 0.25) is 0 Å². The Labute approximate surface area is 143 Å². The van der Waals surface area contributed by atoms with E-state index in [4.69, 9.17) is 0 Å². The number of hydrogen-bond acceptors (Lipinski definition) is 6. The smallest absolute Gasteiger partial charge is 0.294 e. The first-order valence-electron chi connectivity index (χ1n) is 7.64. The van der Waals surface area contributed by atoms with Crippen molar-refractivity contribution in [2.24, 2.45) is 0 Å². The van der Waals surface area contributed by atoms with E-state index in [0.29, 0.717) is 18.5 Å². The highest BCUT2D eigenvalue weighted by Gasteiger charge is 2.26. The van der Waals surface area contributed by atoms with Crippen molar-refractivity contribution < 1.29 is 18.1 Å². The minimum Gasteiger partial charge on any atom is -0.349 e. The van der Waals surface area contributed by atoms with E-state index in [-0.39, 0.29) is 28.8 Å². The predicted octanol–water partition coefficient (Wildman–Crippen LogP) is 1.09. The van der Waals surface area contributed by atoms with Gasteiger partial charge in [0.1, 0.15) is 15.5 Å². The van der Waals surface area contributed by atoms with Crippen LogP contribution in [0.4, 0.5) is 5.69 Å². The topological polar surface area (TPSA) is 124 Å². The summed E-state index contributed by atoms with van der Waals surface area (Å²) in [5.41, 5.74) is 0.253. The fraction of sp³-hybridized carbons (Fsp3) is 0.333. The SMILES string of the molecule is O=C(NC1CCS(=O)(=O)CC1)c1ccc(-n2ccnc2)c([N+](=O)[O-])c1. The molecule has 2 aromatic rings. The fourth-order valence-corrected chi connectivity index (χ4v) is 4.23. The molecule has 0 saturated carbocycles. The first-order valence-corrected chi connectivity index (χ1v) is 9.46. The summed E-state index contributed by atoms with van der Waals surface area (Å²) < 4.78 is 24.3. The molecule has 0 unspecified atom stereocenters. The number of nitrogens with one attached hydrogen (secondary N) is 1. The summed E-state index contributed by atoms with van der Waals surface area (Å²) in [7, 11) is -3.01. The van der Waals surface area contributed by atoms with E-state index >= 15 is 0 Å². The second kappa shape index (κ2) is 6.63. The summed E-state index contributed by atoms with van der Waals surface area (Å²) in [6.07, 6.45) is 5.21. The lowest BCUT2D eigenvalue weighted by atomic mass is 10.1. The van der Waals surface area contributed by atoms with Crippen molar-refractivity contribution in [3.63, 3.8) is 0 Å². The van der Waals surface area contributed by atoms with Gasteiger partial charge in [-0.1, -0.05) is 0 Å². The Balaban J connectivity index is 1.79. The highest BCUT2D eigenvalue weighted by molar-refractivity contribution is 7.91. The molecule has 132 valence electrons. The van der Waals surface area contributed by atoms with Crippen LogP contribution in [0.15, 0.2) is 36.9 Å². The maximum Gasteiger partial charge on any atom is 0.294 e. The van der Waals surface area contributed by atoms with E-state index < -0.39 is 20.7 Å². The summed E-state index contributed by atoms with van der Waals surface area (Å²) in [4.78, 5) is 27.0. The molecule has 1 N–H and O–H groups in total. The number of nitro benzene ring substituents is 1. The molecular formula is C15H16N4O5S. The Hall–Kier alpha value is -2.75. The third-order valence-corrected chi connectivity index (χ3v) is 5.82. The number of nitro groups is 1. The van der Waals surface area contributed by atoms with Gasteiger partial charge in [0.15, 0.2) is 0 Å². The second-order valence-corrected chi connectivity index (χ2v) is 8.13. The highest BCUT2D eigenvalue weighted by Crippen LogP contribution is 2.24. The van der Waals surface area contributed by atoms with E-state index in [9.17, 15) is 23.3 Å². The molecule has 10 heteroatoms. The van der Waals surface area contributed by atoms with Crippen molar-refractivity contribution >= 4 is 21.4 Å². The molecule has 3 rings (SSSR count). The average Bonchev–Trinajstić information content (AvgIpc) is 3.10. The summed E-state index contributed by atoms with van der Waals surface area (Å²) in [5.74, 6) is -0.375. The molecule has 0 bridgehead atoms. The van der Waals surface area contributed by atoms with E-state index in [2.05, 4.69) is 10.3 Å². The van der Waals surface area contributed by atoms with Gasteiger partial charge in [-0.2, -0.15) is 0 Å². The van der Waals surface area contributed by atoms with Gasteiger partial charge < -0.3 is 9.88 Å². The minimum atomic E-state index is -3.01. The molecular weight excluding hydrogens is 348 g/mol. The zero-order valence-corrected chi connectivity index (χ0v) is 14.0. The zero-order chi connectivity index (χ0) is 18.0. The number of sulfone groups is 1. The number of benzene rings is 1. The van der Waals surface area contributed by atoms with Gasteiger partial charge >= 0.3 is 0 Å². The lowest BCUT2D eigenvalue weighted by Crippen LogP contribution is -2.40. The molecule has 1 saturated heterocycles. The number of amides is 1. The van der Waals surface area contributed by atoms with Crippen LogP contribution >= 0.6 is 0 Å². The van der Waals surface area contributed by atoms with Crippen LogP contribution in [-0.4, -0.2) is 46.3 Å². The van der Waals surface area contributed by atoms with Gasteiger partial charge in [-0.15, -0.1) is 0 Å². The fourth-order valence-electron chi connectivity index (χ4n) is 2.73. The predicted molar refractivity (Wildman–Crippen MR) is 89.4 cm³/mol. The summed E-state index contributed by atoms with van der Waals surface area (Å²) in [5, 5.41) is 14.1. The lowest BCUT2D eigenvalue weighted by Gasteiger charge is -2.23. The lowest BCUT2D eigenvalue weighted by molar-refractivity contribution is -0.384. The van der Waals surface area contributed by atoms with Crippen LogP contribution in [0.1, 0.15) is 23.2 Å². The first kappa shape index (κ1) is 17.1. The number of hydrogen-bond donors (Lipinski definition) is 1. The summed E-state index contributed by atoms with van der Waals surface area (Å²) in [6, 6.07) is 3.95. The molecule has 0 spiro atoms. The molecule has 25 heavy (non-hydrogen) atoms. The second-order valence-electron chi connectivity index (χ2n) is 5.83. The molecule has 1 amide bonds. The largest absolute Gasteiger partial charge is 0.349 e. The van der Waals surface area contributed by atoms with Gasteiger partial charge in [0, 0.05) is 30.1 Å². The van der Waals surface area contributed by atoms with Crippen molar-refractivity contribution in [3.05, 3.63) is 52.6 Å². The average molecular weight is 364 g/mol. The Bertz CT molecular complexity index is 894. The molecule has 9 nitrogen and oxygen atoms in total. The van der Waals surface area contributed by atoms with Gasteiger partial charge in [0.25, 0.3) is 11.6 Å². The van der Waals surface area contributed by atoms with Gasteiger partial charge in [0.05, 0.1) is 22.8 Å². The summed E-state index contributed by atoms with van der Waals surface area (Å²) >= 11 is 0. The van der Waals surface area contributed by atoms with Crippen molar-refractivity contribution in [2.45, 2.75) is 18.9 Å². The summed E-state index contributed by atoms with van der Waals surface area (Å²) in [6.45, 7) is 0. The normalized spacial score (nSPS) is 17.1. The van der Waals surface area contributed by atoms with Crippen LogP contribution in [0.3, 0.4) is 0 Å². The molecule has 1 aliphatic rings. The van der Waals surface area contributed by atoms with Gasteiger partial charge in [-0.25, -0.2) is 13.4 Å². The molecule has 1 aromatic heterocycles. The molecule has 0 aliphatic carbocycles. The van der Waals surface area contributed by atoms with Crippen LogP contribution in [0.5, 0.6) is 0 Å². The minimum absolute atomic E-state index is 0.0393. The Morgan fingerprint density at radius 1 is 1.32 bits per heavy atom. The van der Waals surface area contributed by atoms with Crippen molar-refractivity contribution in [1.82, 2.24) is 14.9 Å². The number of carbonyl (C=O) groups excluding carboxylic acids is 1. The van der Waals surface area contributed by atoms with Crippen LogP contribution in [0.2, 0.25) is 0 Å². The van der Waals surface area contributed by atoms with E-state index in [1.807, 2.05) is 0 Å². The maximum atomic E-state index is 12.3. The molecule has 0 atom stereocenters. The first-order chi connectivity index (χ1) is 11.9. The molecule has 1 aromatic carbocycles. The third kappa shape index (κ3) is 3.85. The van der Waals surface area contributed by atoms with E-state index in [1.54, 1.807) is 6.20 Å². The van der Waals surface area contributed by atoms with Crippen LogP contribution in [-0.2, 0) is 9.84 Å². The zero-order valence-electron chi connectivity index (χ0n) is 13.2. The van der Waals surface area contributed by atoms with Crippen molar-refractivity contribution in [1.29, 1.82) is 0 Å². The number of carbonyl (C=O) groups is 1. The third-order valence-electron chi connectivity index (χ3n) is 4.11. The van der Waals surface area contributed by atoms with E-state index in [1.165, 1.54) is 35.3 Å². The number of imidazole rings is 1.